The van der Waals surface area contributed by atoms with Crippen molar-refractivity contribution in [2.75, 3.05) is 66.7 Å². The summed E-state index contributed by atoms with van der Waals surface area (Å²) in [6.45, 7) is 11.6. The molecular formula is C43H58N7O8Y-. The van der Waals surface area contributed by atoms with Crippen LogP contribution in [0.4, 0.5) is 0 Å². The maximum absolute atomic E-state index is 13.6. The number of nitrogens with zero attached hydrogens (tertiary/aromatic N) is 5. The van der Waals surface area contributed by atoms with E-state index in [1.165, 1.54) is 18.2 Å². The zero-order valence-electron chi connectivity index (χ0n) is 36.1. The number of ketones is 2. The quantitative estimate of drug-likeness (QED) is 0.0482. The number of fused-ring (bicyclic) bond motifs is 1. The summed E-state index contributed by atoms with van der Waals surface area (Å²) in [5.41, 5.74) is 2.74. The van der Waals surface area contributed by atoms with Crippen LogP contribution in [0.2, 0.25) is 0 Å². The number of aryl methyl sites for hydroxylation is 1. The minimum absolute atomic E-state index is 0. The molecule has 4 heterocycles. The van der Waals surface area contributed by atoms with Gasteiger partial charge in [0.15, 0.2) is 5.78 Å². The molecule has 2 amide bonds. The molecule has 1 aliphatic heterocycles. The Morgan fingerprint density at radius 3 is 2.34 bits per heavy atom. The summed E-state index contributed by atoms with van der Waals surface area (Å²) < 4.78 is 29.9. The molecule has 1 saturated heterocycles. The third-order valence-electron chi connectivity index (χ3n) is 8.97. The molecule has 5 aromatic rings. The maximum Gasteiger partial charge on any atom is 0.295 e. The monoisotopic (exact) mass is 891 g/mol. The number of hydrogen-bond donors (Lipinski definition) is 2. The number of ether oxygens (including phenoxy) is 3. The number of aromatic nitrogens is 4. The average Bonchev–Trinajstić information content (AvgIpc) is 4.08. The Bertz CT molecular complexity index is 2040. The van der Waals surface area contributed by atoms with Crippen LogP contribution in [0.1, 0.15) is 67.7 Å². The van der Waals surface area contributed by atoms with Crippen LogP contribution >= 0.6 is 0 Å². The van der Waals surface area contributed by atoms with E-state index in [1.807, 2.05) is 65.1 Å². The van der Waals surface area contributed by atoms with E-state index in [0.717, 1.165) is 12.2 Å². The first-order valence-corrected chi connectivity index (χ1v) is 19.5. The molecule has 0 aliphatic carbocycles. The van der Waals surface area contributed by atoms with Crippen molar-refractivity contribution < 1.29 is 71.9 Å². The molecule has 2 aromatic carbocycles. The molecule has 1 fully saturated rings. The van der Waals surface area contributed by atoms with Gasteiger partial charge < -0.3 is 46.1 Å². The fourth-order valence-corrected chi connectivity index (χ4v) is 6.11. The van der Waals surface area contributed by atoms with Crippen LogP contribution < -0.4 is 10.1 Å². The van der Waals surface area contributed by atoms with E-state index < -0.39 is 11.7 Å². The number of H-pyrrole nitrogens is 1. The first-order valence-electron chi connectivity index (χ1n) is 20.2. The molecule has 2 N–H and O–H groups in total. The summed E-state index contributed by atoms with van der Waals surface area (Å²) in [5, 5.41) is 11.6. The summed E-state index contributed by atoms with van der Waals surface area (Å²) >= 11 is 0. The molecule has 6 rings (SSSR count). The molecule has 3 aromatic heterocycles. The number of hydrogen-bond acceptors (Lipinski definition) is 11. The average molecular weight is 892 g/mol. The number of furan rings is 1. The fraction of sp³-hybridized carbons (Fsp3) is 0.419. The van der Waals surface area contributed by atoms with Gasteiger partial charge in [-0.3, -0.25) is 19.2 Å². The van der Waals surface area contributed by atoms with Crippen LogP contribution in [-0.4, -0.2) is 120 Å². The number of carbonyl (C=O) groups is 4. The van der Waals surface area contributed by atoms with E-state index in [9.17, 15) is 19.2 Å². The maximum atomic E-state index is 13.6. The Morgan fingerprint density at radius 2 is 1.64 bits per heavy atom. The van der Waals surface area contributed by atoms with Crippen LogP contribution in [0.5, 0.6) is 5.75 Å². The van der Waals surface area contributed by atoms with Crippen molar-refractivity contribution in [2.45, 2.75) is 53.7 Å². The molecule has 0 saturated carbocycles. The Kier molecular flexibility index (Phi) is 22.0. The number of aromatic amines is 1. The van der Waals surface area contributed by atoms with E-state index in [-0.39, 0.29) is 76.1 Å². The number of benzene rings is 2. The van der Waals surface area contributed by atoms with Crippen molar-refractivity contribution in [3.63, 3.8) is 0 Å². The molecule has 0 atom stereocenters. The van der Waals surface area contributed by atoms with E-state index in [2.05, 4.69) is 28.0 Å². The van der Waals surface area contributed by atoms with Crippen molar-refractivity contribution in [1.82, 2.24) is 35.1 Å². The van der Waals surface area contributed by atoms with E-state index >= 15 is 0 Å². The molecule has 1 radical (unpaired) electrons. The molecule has 15 nitrogen and oxygen atoms in total. The van der Waals surface area contributed by atoms with Gasteiger partial charge in [0.1, 0.15) is 29.6 Å². The van der Waals surface area contributed by atoms with Gasteiger partial charge in [-0.05, 0) is 43.4 Å². The SMILES string of the molecule is CC.CC.CNCCOCc1cn(CCOCC(=O)CCc2ccc(-c3ccc(OC)c4c(C(=O)C(=O)N5CCN(C(=O)c6ccccc6)CC5)c[nH]c34)o2)nn1.[3H][CH2-].[Y]. The molecule has 59 heavy (non-hydrogen) atoms. The largest absolute Gasteiger partial charge is 0.496 e. The Morgan fingerprint density at radius 1 is 0.932 bits per heavy atom. The minimum atomic E-state index is -0.674. The van der Waals surface area contributed by atoms with Gasteiger partial charge in [-0.2, -0.15) is 0 Å². The van der Waals surface area contributed by atoms with Gasteiger partial charge in [0.05, 0.1) is 56.1 Å². The number of piperazine rings is 1. The summed E-state index contributed by atoms with van der Waals surface area (Å²) in [6, 6.07) is 16.1. The molecule has 0 unspecified atom stereocenters. The number of likely N-dealkylation sites (N-methyl/N-ethyl adjacent to an activating group) is 1. The van der Waals surface area contributed by atoms with Crippen molar-refractivity contribution >= 4 is 34.3 Å². The van der Waals surface area contributed by atoms with E-state index in [4.69, 9.17) is 20.0 Å². The second-order valence-corrected chi connectivity index (χ2v) is 12.5. The van der Waals surface area contributed by atoms with Gasteiger partial charge in [-0.25, -0.2) is 6.05 Å². The second-order valence-electron chi connectivity index (χ2n) is 12.5. The summed E-state index contributed by atoms with van der Waals surface area (Å²) in [5.74, 6) is 0.0882. The summed E-state index contributed by atoms with van der Waals surface area (Å²) in [6.07, 6.45) is 3.93. The van der Waals surface area contributed by atoms with E-state index in [0.29, 0.717) is 85.2 Å². The van der Waals surface area contributed by atoms with Crippen LogP contribution in [0, 0.1) is 7.40 Å². The molecule has 317 valence electrons. The van der Waals surface area contributed by atoms with Gasteiger partial charge in [0.2, 0.25) is 0 Å². The van der Waals surface area contributed by atoms with Crippen LogP contribution in [0.3, 0.4) is 0 Å². The third-order valence-corrected chi connectivity index (χ3v) is 8.97. The summed E-state index contributed by atoms with van der Waals surface area (Å²) in [7, 11) is 5.86. The molecule has 0 spiro atoms. The number of amides is 2. The van der Waals surface area contributed by atoms with E-state index in [1.54, 1.807) is 40.0 Å². The van der Waals surface area contributed by atoms with Gasteiger partial charge in [-0.15, -0.1) is 5.10 Å². The number of nitrogens with one attached hydrogen (secondary N) is 2. The van der Waals surface area contributed by atoms with Crippen LogP contribution in [0.15, 0.2) is 71.4 Å². The number of methoxy groups -OCH3 is 1. The molecule has 16 heteroatoms. The van der Waals surface area contributed by atoms with Crippen molar-refractivity contribution in [1.29, 1.82) is 0 Å². The Labute approximate surface area is 373 Å². The second kappa shape index (κ2) is 26.5. The zero-order valence-corrected chi connectivity index (χ0v) is 38.0. The third kappa shape index (κ3) is 13.8. The van der Waals surface area contributed by atoms with Gasteiger partial charge in [0, 0.05) is 95.6 Å². The van der Waals surface area contributed by atoms with Crippen molar-refractivity contribution in [3.8, 4) is 17.1 Å². The normalized spacial score (nSPS) is 12.1. The predicted octanol–water partition coefficient (Wildman–Crippen LogP) is 5.65. The van der Waals surface area contributed by atoms with Gasteiger partial charge in [-0.1, -0.05) is 51.1 Å². The smallest absolute Gasteiger partial charge is 0.295 e. The van der Waals surface area contributed by atoms with Gasteiger partial charge >= 0.3 is 0 Å². The molecular weight excluding hydrogens is 831 g/mol. The molecule has 1 aliphatic rings. The minimum Gasteiger partial charge on any atom is -0.496 e. The van der Waals surface area contributed by atoms with Gasteiger partial charge in [0.25, 0.3) is 17.6 Å². The standard InChI is InChI=1S/C38H43N7O8.2C2H6.CH3.Y/c1-39-14-20-51-24-27-23-45(42-41-27)19-21-52-25-28(46)8-9-29-10-12-32(53-29)30-11-13-33(50-2)34-31(22-40-35(30)34)36(47)38(49)44-17-15-43(16-18-44)37(48)26-6-4-3-5-7-26;2*1-2;;/h3-7,10-13,22-23,39-40H,8-9,14-21,24-25H2,1-2H3;2*1-2H3;1H3;/q;;;-1;/i;;;1T;. The van der Waals surface area contributed by atoms with Crippen molar-refractivity contribution in [3.05, 3.63) is 97.0 Å². The fourth-order valence-electron chi connectivity index (χ4n) is 6.11. The predicted molar refractivity (Wildman–Crippen MR) is 223 cm³/mol. The number of carbonyl (C=O) groups excluding carboxylic acids is 4. The van der Waals surface area contributed by atoms with Crippen LogP contribution in [0.25, 0.3) is 22.2 Å². The Hall–Kier alpha value is -4.54. The van der Waals surface area contributed by atoms with Crippen molar-refractivity contribution in [2.24, 2.45) is 0 Å². The topological polar surface area (TPSA) is 174 Å². The number of Topliss-reactive ketones (excluding diaryl/α,β-unsaturated/α-hetero) is 2. The van der Waals surface area contributed by atoms with Crippen LogP contribution in [-0.2, 0) is 71.3 Å². The first kappa shape index (κ1) is 48.8. The number of rotatable bonds is 18. The zero-order chi connectivity index (χ0) is 43.2. The summed E-state index contributed by atoms with van der Waals surface area (Å²) in [4.78, 5) is 58.8. The Balaban J connectivity index is 0.00000170. The first-order chi connectivity index (χ1) is 28.9. The molecule has 0 bridgehead atoms.